The number of pyridine rings is 1. The van der Waals surface area contributed by atoms with Crippen LogP contribution in [0, 0.1) is 5.92 Å². The van der Waals surface area contributed by atoms with Crippen molar-refractivity contribution in [1.82, 2.24) is 15.2 Å². The maximum atomic E-state index is 11.9. The summed E-state index contributed by atoms with van der Waals surface area (Å²) < 4.78 is 11.1. The Labute approximate surface area is 187 Å². The second-order valence-electron chi connectivity index (χ2n) is 7.95. The fraction of sp³-hybridized carbons (Fsp3) is 0.292. The lowest BCUT2D eigenvalue weighted by Gasteiger charge is -2.27. The Morgan fingerprint density at radius 1 is 1.23 bits per heavy atom. The van der Waals surface area contributed by atoms with Crippen molar-refractivity contribution >= 4 is 23.3 Å². The van der Waals surface area contributed by atoms with E-state index in [1.807, 2.05) is 42.5 Å². The van der Waals surface area contributed by atoms with Crippen LogP contribution in [-0.2, 0) is 4.74 Å². The number of thiocarbonyl (C=S) groups is 1. The molecule has 4 rings (SSSR count). The largest absolute Gasteiger partial charge is 0.465 e. The third-order valence-corrected chi connectivity index (χ3v) is 5.60. The lowest BCUT2D eigenvalue weighted by Crippen LogP contribution is -2.32. The van der Waals surface area contributed by atoms with Crippen molar-refractivity contribution in [2.75, 3.05) is 13.7 Å². The van der Waals surface area contributed by atoms with E-state index < -0.39 is 0 Å². The van der Waals surface area contributed by atoms with Gasteiger partial charge in [0.1, 0.15) is 17.6 Å². The van der Waals surface area contributed by atoms with Crippen molar-refractivity contribution in [3.05, 3.63) is 77.8 Å². The number of esters is 1. The SMILES string of the molecule is COC(=O)c1cccc(-c2ccc([C@@H]3[C@@H](c4ccccn4)NC(=S)N3CC(C)C)o2)c1. The fourth-order valence-corrected chi connectivity index (χ4v) is 4.20. The molecule has 2 atom stereocenters. The molecule has 1 N–H and O–H groups in total. The van der Waals surface area contributed by atoms with Crippen molar-refractivity contribution in [3.63, 3.8) is 0 Å². The number of hydrogen-bond donors (Lipinski definition) is 1. The second-order valence-corrected chi connectivity index (χ2v) is 8.33. The summed E-state index contributed by atoms with van der Waals surface area (Å²) in [5.74, 6) is 1.53. The first-order valence-electron chi connectivity index (χ1n) is 10.2. The minimum Gasteiger partial charge on any atom is -0.465 e. The normalized spacial score (nSPS) is 18.3. The Kier molecular flexibility index (Phi) is 6.04. The third-order valence-electron chi connectivity index (χ3n) is 5.25. The molecule has 0 unspecified atom stereocenters. The Balaban J connectivity index is 1.71. The van der Waals surface area contributed by atoms with Gasteiger partial charge < -0.3 is 19.4 Å². The molecule has 3 heterocycles. The molecule has 1 aromatic carbocycles. The molecule has 0 spiro atoms. The molecule has 160 valence electrons. The fourth-order valence-electron chi connectivity index (χ4n) is 3.89. The van der Waals surface area contributed by atoms with Gasteiger partial charge >= 0.3 is 5.97 Å². The monoisotopic (exact) mass is 435 g/mol. The zero-order valence-corrected chi connectivity index (χ0v) is 18.6. The zero-order valence-electron chi connectivity index (χ0n) is 17.7. The third kappa shape index (κ3) is 4.32. The number of furan rings is 1. The van der Waals surface area contributed by atoms with E-state index in [0.29, 0.717) is 22.4 Å². The lowest BCUT2D eigenvalue weighted by molar-refractivity contribution is 0.0601. The van der Waals surface area contributed by atoms with Crippen molar-refractivity contribution in [1.29, 1.82) is 0 Å². The van der Waals surface area contributed by atoms with Gasteiger partial charge in [0.25, 0.3) is 0 Å². The van der Waals surface area contributed by atoms with E-state index in [1.54, 1.807) is 18.3 Å². The molecule has 0 saturated carbocycles. The molecular weight excluding hydrogens is 410 g/mol. The predicted octanol–water partition coefficient (Wildman–Crippen LogP) is 4.76. The highest BCUT2D eigenvalue weighted by atomic mass is 32.1. The number of carbonyl (C=O) groups is 1. The van der Waals surface area contributed by atoms with Crippen LogP contribution in [0.3, 0.4) is 0 Å². The van der Waals surface area contributed by atoms with Gasteiger partial charge in [-0.25, -0.2) is 4.79 Å². The van der Waals surface area contributed by atoms with Crippen LogP contribution in [0.5, 0.6) is 0 Å². The maximum Gasteiger partial charge on any atom is 0.337 e. The van der Waals surface area contributed by atoms with Gasteiger partial charge in [-0.05, 0) is 54.5 Å². The van der Waals surface area contributed by atoms with Crippen LogP contribution in [0.25, 0.3) is 11.3 Å². The summed E-state index contributed by atoms with van der Waals surface area (Å²) in [6.07, 6.45) is 1.79. The van der Waals surface area contributed by atoms with Crippen LogP contribution >= 0.6 is 12.2 Å². The highest BCUT2D eigenvalue weighted by Gasteiger charge is 2.41. The number of hydrogen-bond acceptors (Lipinski definition) is 5. The summed E-state index contributed by atoms with van der Waals surface area (Å²) in [5.41, 5.74) is 2.20. The van der Waals surface area contributed by atoms with Gasteiger partial charge in [-0.1, -0.05) is 32.0 Å². The maximum absolute atomic E-state index is 11.9. The van der Waals surface area contributed by atoms with Gasteiger partial charge in [-0.3, -0.25) is 4.98 Å². The Hall–Kier alpha value is -3.19. The molecule has 3 aromatic rings. The summed E-state index contributed by atoms with van der Waals surface area (Å²) in [6.45, 7) is 5.13. The standard InChI is InChI=1S/C24H25N3O3S/c1-15(2)14-27-22(21(26-24(27)31)18-9-4-5-12-25-18)20-11-10-19(30-20)16-7-6-8-17(13-16)23(28)29-3/h4-13,15,21-22H,14H2,1-3H3,(H,26,31)/t21-,22-/m1/s1. The average molecular weight is 436 g/mol. The highest BCUT2D eigenvalue weighted by molar-refractivity contribution is 7.80. The molecular formula is C24H25N3O3S. The summed E-state index contributed by atoms with van der Waals surface area (Å²) in [4.78, 5) is 18.6. The molecule has 0 bridgehead atoms. The van der Waals surface area contributed by atoms with Gasteiger partial charge in [0.2, 0.25) is 0 Å². The minimum atomic E-state index is -0.378. The number of methoxy groups -OCH3 is 1. The van der Waals surface area contributed by atoms with Gasteiger partial charge in [-0.2, -0.15) is 0 Å². The predicted molar refractivity (Wildman–Crippen MR) is 122 cm³/mol. The van der Waals surface area contributed by atoms with Gasteiger partial charge in [0, 0.05) is 18.3 Å². The summed E-state index contributed by atoms with van der Waals surface area (Å²) >= 11 is 5.67. The highest BCUT2D eigenvalue weighted by Crippen LogP contribution is 2.40. The summed E-state index contributed by atoms with van der Waals surface area (Å²) in [5, 5.41) is 4.12. The van der Waals surface area contributed by atoms with Crippen LogP contribution in [0.15, 0.2) is 65.2 Å². The number of nitrogens with zero attached hydrogens (tertiary/aromatic N) is 2. The van der Waals surface area contributed by atoms with Crippen molar-refractivity contribution in [2.24, 2.45) is 5.92 Å². The topological polar surface area (TPSA) is 67.6 Å². The Morgan fingerprint density at radius 3 is 2.77 bits per heavy atom. The van der Waals surface area contributed by atoms with Crippen molar-refractivity contribution in [2.45, 2.75) is 25.9 Å². The molecule has 31 heavy (non-hydrogen) atoms. The van der Waals surface area contributed by atoms with Crippen LogP contribution < -0.4 is 5.32 Å². The molecule has 1 aliphatic rings. The van der Waals surface area contributed by atoms with Crippen LogP contribution in [0.4, 0.5) is 0 Å². The molecule has 1 fully saturated rings. The molecule has 0 aliphatic carbocycles. The van der Waals surface area contributed by atoms with Crippen molar-refractivity contribution in [3.8, 4) is 11.3 Å². The number of benzene rings is 1. The summed E-state index contributed by atoms with van der Waals surface area (Å²) in [7, 11) is 1.37. The Bertz CT molecular complexity index is 1080. The smallest absolute Gasteiger partial charge is 0.337 e. The quantitative estimate of drug-likeness (QED) is 0.442. The first-order chi connectivity index (χ1) is 15.0. The first kappa shape index (κ1) is 21.1. The molecule has 7 heteroatoms. The second kappa shape index (κ2) is 8.89. The minimum absolute atomic E-state index is 0.118. The van der Waals surface area contributed by atoms with Crippen LogP contribution in [-0.4, -0.2) is 34.6 Å². The first-order valence-corrected chi connectivity index (χ1v) is 10.6. The van der Waals surface area contributed by atoms with E-state index in [2.05, 4.69) is 29.0 Å². The van der Waals surface area contributed by atoms with Crippen LogP contribution in [0.2, 0.25) is 0 Å². The number of rotatable bonds is 6. The van der Waals surface area contributed by atoms with E-state index in [1.165, 1.54) is 7.11 Å². The Morgan fingerprint density at radius 2 is 2.06 bits per heavy atom. The molecule has 2 aromatic heterocycles. The number of aromatic nitrogens is 1. The van der Waals surface area contributed by atoms with Gasteiger partial charge in [0.15, 0.2) is 5.11 Å². The molecule has 1 aliphatic heterocycles. The average Bonchev–Trinajstić information content (AvgIpc) is 3.39. The van der Waals surface area contributed by atoms with E-state index >= 15 is 0 Å². The van der Waals surface area contributed by atoms with Gasteiger partial charge in [0.05, 0.1) is 24.4 Å². The van der Waals surface area contributed by atoms with E-state index in [-0.39, 0.29) is 18.1 Å². The molecule has 0 radical (unpaired) electrons. The van der Waals surface area contributed by atoms with Crippen molar-refractivity contribution < 1.29 is 13.9 Å². The number of ether oxygens (including phenoxy) is 1. The molecule has 6 nitrogen and oxygen atoms in total. The van der Waals surface area contributed by atoms with Gasteiger partial charge in [-0.15, -0.1) is 0 Å². The molecule has 0 amide bonds. The molecule has 1 saturated heterocycles. The number of carbonyl (C=O) groups excluding carboxylic acids is 1. The lowest BCUT2D eigenvalue weighted by atomic mass is 10.0. The van der Waals surface area contributed by atoms with E-state index in [0.717, 1.165) is 23.6 Å². The van der Waals surface area contributed by atoms with E-state index in [9.17, 15) is 4.79 Å². The number of nitrogens with one attached hydrogen (secondary N) is 1. The summed E-state index contributed by atoms with van der Waals surface area (Å²) in [6, 6.07) is 16.8. The zero-order chi connectivity index (χ0) is 22.0. The van der Waals surface area contributed by atoms with Crippen LogP contribution in [0.1, 0.15) is 47.7 Å². The van der Waals surface area contributed by atoms with E-state index in [4.69, 9.17) is 21.4 Å².